The monoisotopic (exact) mass is 612 g/mol. The van der Waals surface area contributed by atoms with Gasteiger partial charge in [0.05, 0.1) is 23.0 Å². The van der Waals surface area contributed by atoms with Gasteiger partial charge in [0.15, 0.2) is 11.5 Å². The number of imide groups is 2. The second kappa shape index (κ2) is 11.9. The number of nitrogens with one attached hydrogen (secondary N) is 1. The zero-order valence-corrected chi connectivity index (χ0v) is 22.5. The average Bonchev–Trinajstić information content (AvgIpc) is 2.90. The Hall–Kier alpha value is -3.86. The zero-order valence-electron chi connectivity index (χ0n) is 20.3. The summed E-state index contributed by atoms with van der Waals surface area (Å²) < 4.78 is 17.8. The van der Waals surface area contributed by atoms with E-state index >= 15 is 0 Å². The van der Waals surface area contributed by atoms with Crippen LogP contribution in [0.3, 0.4) is 0 Å². The number of benzene rings is 3. The minimum atomic E-state index is -0.814. The van der Waals surface area contributed by atoms with E-state index < -0.39 is 17.8 Å². The van der Waals surface area contributed by atoms with Crippen molar-refractivity contribution in [2.75, 3.05) is 18.6 Å². The first-order chi connectivity index (χ1) is 17.9. The predicted octanol–water partition coefficient (Wildman–Crippen LogP) is 5.33. The molecular formula is C28H25IN2O6. The summed E-state index contributed by atoms with van der Waals surface area (Å²) in [4.78, 5) is 39.3. The summed E-state index contributed by atoms with van der Waals surface area (Å²) in [5.41, 5.74) is 1.69. The molecular weight excluding hydrogens is 587 g/mol. The van der Waals surface area contributed by atoms with Gasteiger partial charge in [0.2, 0.25) is 0 Å². The highest BCUT2D eigenvalue weighted by molar-refractivity contribution is 14.1. The van der Waals surface area contributed by atoms with Crippen molar-refractivity contribution in [1.82, 2.24) is 5.32 Å². The lowest BCUT2D eigenvalue weighted by atomic mass is 10.1. The number of carbonyl (C=O) groups is 3. The summed E-state index contributed by atoms with van der Waals surface area (Å²) in [5, 5.41) is 2.24. The second-order valence-electron chi connectivity index (χ2n) is 8.11. The molecule has 8 nitrogen and oxygen atoms in total. The van der Waals surface area contributed by atoms with E-state index in [0.717, 1.165) is 20.5 Å². The first-order valence-electron chi connectivity index (χ1n) is 11.6. The number of methoxy groups -OCH3 is 1. The number of carbonyl (C=O) groups excluding carboxylic acids is 3. The van der Waals surface area contributed by atoms with Crippen molar-refractivity contribution < 1.29 is 28.6 Å². The third-order valence-corrected chi connectivity index (χ3v) is 6.26. The number of amides is 4. The normalized spacial score (nSPS) is 14.5. The maximum Gasteiger partial charge on any atom is 0.335 e. The third kappa shape index (κ3) is 6.11. The topological polar surface area (TPSA) is 94.2 Å². The Kier molecular flexibility index (Phi) is 8.44. The van der Waals surface area contributed by atoms with Crippen LogP contribution in [-0.2, 0) is 16.2 Å². The van der Waals surface area contributed by atoms with Crippen LogP contribution in [0, 0.1) is 3.57 Å². The zero-order chi connectivity index (χ0) is 26.4. The Morgan fingerprint density at radius 2 is 1.70 bits per heavy atom. The molecule has 0 aromatic heterocycles. The molecule has 0 atom stereocenters. The lowest BCUT2D eigenvalue weighted by Crippen LogP contribution is -2.54. The molecule has 9 heteroatoms. The van der Waals surface area contributed by atoms with Gasteiger partial charge in [-0.25, -0.2) is 9.69 Å². The molecule has 4 rings (SSSR count). The number of ether oxygens (including phenoxy) is 3. The Labute approximate surface area is 228 Å². The van der Waals surface area contributed by atoms with Crippen LogP contribution in [0.2, 0.25) is 0 Å². The molecule has 0 aliphatic carbocycles. The highest BCUT2D eigenvalue weighted by Crippen LogP contribution is 2.35. The van der Waals surface area contributed by atoms with E-state index in [4.69, 9.17) is 14.2 Å². The summed E-state index contributed by atoms with van der Waals surface area (Å²) in [6.45, 7) is 2.91. The van der Waals surface area contributed by atoms with Crippen molar-refractivity contribution in [3.63, 3.8) is 0 Å². The van der Waals surface area contributed by atoms with Crippen molar-refractivity contribution in [2.24, 2.45) is 0 Å². The van der Waals surface area contributed by atoms with Gasteiger partial charge in [0, 0.05) is 0 Å². The number of barbiturate groups is 1. The molecule has 1 aliphatic heterocycles. The summed E-state index contributed by atoms with van der Waals surface area (Å²) in [6.07, 6.45) is 2.29. The SMILES string of the molecule is CCCOc1ccc(N2C(=O)NC(=O)/C(=C/c3cc(I)c(OCc4ccccc4)c(OC)c3)C2=O)cc1. The Bertz CT molecular complexity index is 1340. The predicted molar refractivity (Wildman–Crippen MR) is 148 cm³/mol. The molecule has 0 spiro atoms. The van der Waals surface area contributed by atoms with Crippen LogP contribution in [0.15, 0.2) is 72.3 Å². The Balaban J connectivity index is 1.60. The number of rotatable bonds is 9. The van der Waals surface area contributed by atoms with Crippen LogP contribution in [-0.4, -0.2) is 31.6 Å². The molecule has 1 N–H and O–H groups in total. The van der Waals surface area contributed by atoms with Gasteiger partial charge in [-0.1, -0.05) is 37.3 Å². The second-order valence-corrected chi connectivity index (χ2v) is 9.27. The van der Waals surface area contributed by atoms with Gasteiger partial charge in [-0.3, -0.25) is 14.9 Å². The fraction of sp³-hybridized carbons (Fsp3) is 0.179. The lowest BCUT2D eigenvalue weighted by Gasteiger charge is -2.26. The molecule has 37 heavy (non-hydrogen) atoms. The van der Waals surface area contributed by atoms with E-state index in [0.29, 0.717) is 41.7 Å². The van der Waals surface area contributed by atoms with Crippen molar-refractivity contribution >= 4 is 52.2 Å². The van der Waals surface area contributed by atoms with Crippen LogP contribution >= 0.6 is 22.6 Å². The average molecular weight is 612 g/mol. The van der Waals surface area contributed by atoms with Crippen LogP contribution < -0.4 is 24.4 Å². The van der Waals surface area contributed by atoms with E-state index in [-0.39, 0.29) is 5.57 Å². The molecule has 0 saturated carbocycles. The minimum Gasteiger partial charge on any atom is -0.494 e. The highest BCUT2D eigenvalue weighted by atomic mass is 127. The number of nitrogens with zero attached hydrogens (tertiary/aromatic N) is 1. The third-order valence-electron chi connectivity index (χ3n) is 5.46. The van der Waals surface area contributed by atoms with Crippen LogP contribution in [0.5, 0.6) is 17.2 Å². The molecule has 3 aromatic carbocycles. The van der Waals surface area contributed by atoms with Gasteiger partial charge < -0.3 is 14.2 Å². The first-order valence-corrected chi connectivity index (χ1v) is 12.7. The van der Waals surface area contributed by atoms with Crippen LogP contribution in [0.1, 0.15) is 24.5 Å². The molecule has 3 aromatic rings. The fourth-order valence-corrected chi connectivity index (χ4v) is 4.44. The summed E-state index contributed by atoms with van der Waals surface area (Å²) in [5.74, 6) is 0.130. The maximum atomic E-state index is 13.3. The molecule has 0 unspecified atom stereocenters. The van der Waals surface area contributed by atoms with Gasteiger partial charge in [0.1, 0.15) is 17.9 Å². The molecule has 190 valence electrons. The van der Waals surface area contributed by atoms with Crippen molar-refractivity contribution in [1.29, 1.82) is 0 Å². The van der Waals surface area contributed by atoms with Gasteiger partial charge in [0.25, 0.3) is 11.8 Å². The van der Waals surface area contributed by atoms with Crippen LogP contribution in [0.25, 0.3) is 6.08 Å². The first kappa shape index (κ1) is 26.2. The standard InChI is InChI=1S/C28H25IN2O6/c1-3-13-36-21-11-9-20(10-12-21)31-27(33)22(26(32)30-28(31)34)14-19-15-23(29)25(24(16-19)35-2)37-17-18-7-5-4-6-8-18/h4-12,14-16H,3,13,17H2,1-2H3,(H,30,32,34)/b22-14-. The fourth-order valence-electron chi connectivity index (χ4n) is 3.66. The maximum absolute atomic E-state index is 13.3. The van der Waals surface area contributed by atoms with E-state index in [1.165, 1.54) is 13.2 Å². The Morgan fingerprint density at radius 3 is 2.38 bits per heavy atom. The van der Waals surface area contributed by atoms with Crippen molar-refractivity contribution in [3.05, 3.63) is 87.0 Å². The van der Waals surface area contributed by atoms with E-state index in [1.807, 2.05) is 37.3 Å². The molecule has 4 amide bonds. The number of halogens is 1. The van der Waals surface area contributed by atoms with Gasteiger partial charge in [-0.2, -0.15) is 0 Å². The van der Waals surface area contributed by atoms with Gasteiger partial charge in [-0.15, -0.1) is 0 Å². The highest BCUT2D eigenvalue weighted by Gasteiger charge is 2.37. The van der Waals surface area contributed by atoms with Crippen LogP contribution in [0.4, 0.5) is 10.5 Å². The quantitative estimate of drug-likeness (QED) is 0.200. The van der Waals surface area contributed by atoms with Crippen molar-refractivity contribution in [2.45, 2.75) is 20.0 Å². The van der Waals surface area contributed by atoms with E-state index in [2.05, 4.69) is 27.9 Å². The Morgan fingerprint density at radius 1 is 0.973 bits per heavy atom. The molecule has 1 fully saturated rings. The number of hydrogen-bond donors (Lipinski definition) is 1. The minimum absolute atomic E-state index is 0.179. The molecule has 1 saturated heterocycles. The smallest absolute Gasteiger partial charge is 0.335 e. The molecule has 1 heterocycles. The summed E-state index contributed by atoms with van der Waals surface area (Å²) in [7, 11) is 1.52. The summed E-state index contributed by atoms with van der Waals surface area (Å²) >= 11 is 2.12. The lowest BCUT2D eigenvalue weighted by molar-refractivity contribution is -0.122. The largest absolute Gasteiger partial charge is 0.494 e. The molecule has 1 aliphatic rings. The van der Waals surface area contributed by atoms with Gasteiger partial charge in [-0.05, 0) is 82.6 Å². The van der Waals surface area contributed by atoms with E-state index in [9.17, 15) is 14.4 Å². The molecule has 0 bridgehead atoms. The number of anilines is 1. The van der Waals surface area contributed by atoms with Gasteiger partial charge >= 0.3 is 6.03 Å². The van der Waals surface area contributed by atoms with E-state index in [1.54, 1.807) is 36.4 Å². The summed E-state index contributed by atoms with van der Waals surface area (Å²) in [6, 6.07) is 18.9. The number of hydrogen-bond acceptors (Lipinski definition) is 6. The molecule has 0 radical (unpaired) electrons. The van der Waals surface area contributed by atoms with Crippen molar-refractivity contribution in [3.8, 4) is 17.2 Å². The number of urea groups is 1.